The molecule has 1 saturated heterocycles. The van der Waals surface area contributed by atoms with Crippen molar-refractivity contribution in [3.05, 3.63) is 24.0 Å². The summed E-state index contributed by atoms with van der Waals surface area (Å²) in [7, 11) is -1.03. The van der Waals surface area contributed by atoms with Crippen LogP contribution in [0.1, 0.15) is 55.4 Å². The van der Waals surface area contributed by atoms with Crippen molar-refractivity contribution in [1.82, 2.24) is 10.3 Å². The SMILES string of the molecule is CN(c1ccc(C(=O)NC2CCCCCC2)nc1)C1CCS(=O)(=O)C1. The van der Waals surface area contributed by atoms with E-state index in [0.717, 1.165) is 18.5 Å². The molecular formula is C18H27N3O3S. The molecule has 25 heavy (non-hydrogen) atoms. The summed E-state index contributed by atoms with van der Waals surface area (Å²) in [5, 5.41) is 3.10. The van der Waals surface area contributed by atoms with Gasteiger partial charge in [0, 0.05) is 19.1 Å². The van der Waals surface area contributed by atoms with Crippen LogP contribution in [0.4, 0.5) is 5.69 Å². The molecule has 2 fully saturated rings. The maximum Gasteiger partial charge on any atom is 0.270 e. The molecule has 6 nitrogen and oxygen atoms in total. The second-order valence-corrected chi connectivity index (χ2v) is 9.46. The van der Waals surface area contributed by atoms with Crippen LogP contribution >= 0.6 is 0 Å². The van der Waals surface area contributed by atoms with Gasteiger partial charge in [0.15, 0.2) is 9.84 Å². The largest absolute Gasteiger partial charge is 0.369 e. The van der Waals surface area contributed by atoms with Crippen LogP contribution in [0.2, 0.25) is 0 Å². The Balaban J connectivity index is 1.60. The van der Waals surface area contributed by atoms with Crippen LogP contribution in [-0.2, 0) is 9.84 Å². The Morgan fingerprint density at radius 2 is 1.88 bits per heavy atom. The highest BCUT2D eigenvalue weighted by atomic mass is 32.2. The van der Waals surface area contributed by atoms with E-state index < -0.39 is 9.84 Å². The minimum absolute atomic E-state index is 0.0162. The zero-order chi connectivity index (χ0) is 17.9. The standard InChI is InChI=1S/C18H27N3O3S/c1-21(16-10-11-25(23,24)13-16)15-8-9-17(19-12-15)18(22)20-14-6-4-2-3-5-7-14/h8-9,12,14,16H,2-7,10-11,13H2,1H3,(H,20,22). The number of aromatic nitrogens is 1. The fraction of sp³-hybridized carbons (Fsp3) is 0.667. The predicted molar refractivity (Wildman–Crippen MR) is 98.7 cm³/mol. The maximum atomic E-state index is 12.4. The van der Waals surface area contributed by atoms with Crippen molar-refractivity contribution in [3.8, 4) is 0 Å². The Morgan fingerprint density at radius 3 is 2.44 bits per heavy atom. The van der Waals surface area contributed by atoms with E-state index in [2.05, 4.69) is 10.3 Å². The molecule has 0 bridgehead atoms. The Morgan fingerprint density at radius 1 is 1.16 bits per heavy atom. The lowest BCUT2D eigenvalue weighted by molar-refractivity contribution is 0.0928. The van der Waals surface area contributed by atoms with E-state index in [1.807, 2.05) is 18.0 Å². The van der Waals surface area contributed by atoms with Crippen LogP contribution in [0, 0.1) is 0 Å². The number of carbonyl (C=O) groups is 1. The summed E-state index contributed by atoms with van der Waals surface area (Å²) in [4.78, 5) is 18.6. The average Bonchev–Trinajstić information content (AvgIpc) is 2.80. The third-order valence-corrected chi connectivity index (χ3v) is 7.08. The summed E-state index contributed by atoms with van der Waals surface area (Å²) in [6, 6.07) is 3.81. The number of anilines is 1. The van der Waals surface area contributed by atoms with Crippen molar-refractivity contribution in [1.29, 1.82) is 0 Å². The van der Waals surface area contributed by atoms with Gasteiger partial charge in [-0.25, -0.2) is 13.4 Å². The van der Waals surface area contributed by atoms with Crippen LogP contribution in [0.25, 0.3) is 0 Å². The van der Waals surface area contributed by atoms with Gasteiger partial charge in [-0.1, -0.05) is 25.7 Å². The lowest BCUT2D eigenvalue weighted by Gasteiger charge is -2.25. The number of pyridine rings is 1. The first kappa shape index (κ1) is 18.2. The van der Waals surface area contributed by atoms with Crippen molar-refractivity contribution >= 4 is 21.4 Å². The van der Waals surface area contributed by atoms with Crippen molar-refractivity contribution in [2.24, 2.45) is 0 Å². The Hall–Kier alpha value is -1.63. The van der Waals surface area contributed by atoms with Crippen LogP contribution < -0.4 is 10.2 Å². The first-order valence-corrected chi connectivity index (χ1v) is 11.0. The monoisotopic (exact) mass is 365 g/mol. The summed E-state index contributed by atoms with van der Waals surface area (Å²) >= 11 is 0. The minimum atomic E-state index is -2.92. The average molecular weight is 365 g/mol. The van der Waals surface area contributed by atoms with Gasteiger partial charge in [-0.3, -0.25) is 4.79 Å². The molecule has 1 aliphatic heterocycles. The molecule has 138 valence electrons. The molecule has 1 aromatic heterocycles. The second kappa shape index (κ2) is 7.72. The maximum absolute atomic E-state index is 12.4. The Kier molecular flexibility index (Phi) is 5.61. The van der Waals surface area contributed by atoms with E-state index in [-0.39, 0.29) is 29.5 Å². The summed E-state index contributed by atoms with van der Waals surface area (Å²) in [5.74, 6) is 0.314. The van der Waals surface area contributed by atoms with E-state index >= 15 is 0 Å². The zero-order valence-corrected chi connectivity index (χ0v) is 15.6. The summed E-state index contributed by atoms with van der Waals surface area (Å²) in [6.07, 6.45) is 9.24. The summed E-state index contributed by atoms with van der Waals surface area (Å²) in [6.45, 7) is 0. The molecule has 1 amide bonds. The number of nitrogens with zero attached hydrogens (tertiary/aromatic N) is 2. The molecule has 7 heteroatoms. The number of rotatable bonds is 4. The molecule has 3 rings (SSSR count). The first-order chi connectivity index (χ1) is 11.9. The summed E-state index contributed by atoms with van der Waals surface area (Å²) in [5.41, 5.74) is 1.26. The van der Waals surface area contributed by atoms with Gasteiger partial charge in [0.05, 0.1) is 23.4 Å². The number of hydrogen-bond acceptors (Lipinski definition) is 5. The Bertz CT molecular complexity index is 695. The molecule has 0 aromatic carbocycles. The zero-order valence-electron chi connectivity index (χ0n) is 14.8. The number of amides is 1. The topological polar surface area (TPSA) is 79.4 Å². The molecule has 2 heterocycles. The van der Waals surface area contributed by atoms with Gasteiger partial charge in [-0.15, -0.1) is 0 Å². The molecule has 1 saturated carbocycles. The third kappa shape index (κ3) is 4.71. The lowest BCUT2D eigenvalue weighted by atomic mass is 10.1. The molecule has 0 spiro atoms. The molecule has 1 N–H and O–H groups in total. The smallest absolute Gasteiger partial charge is 0.270 e. The number of nitrogens with one attached hydrogen (secondary N) is 1. The molecule has 1 unspecified atom stereocenters. The summed E-state index contributed by atoms with van der Waals surface area (Å²) < 4.78 is 23.3. The highest BCUT2D eigenvalue weighted by molar-refractivity contribution is 7.91. The predicted octanol–water partition coefficient (Wildman–Crippen LogP) is 2.16. The van der Waals surface area contributed by atoms with Crippen LogP contribution in [0.3, 0.4) is 0 Å². The highest BCUT2D eigenvalue weighted by Crippen LogP contribution is 2.22. The van der Waals surface area contributed by atoms with E-state index in [0.29, 0.717) is 12.1 Å². The van der Waals surface area contributed by atoms with Crippen LogP contribution in [-0.4, -0.2) is 49.9 Å². The number of sulfone groups is 1. The van der Waals surface area contributed by atoms with Gasteiger partial charge in [0.25, 0.3) is 5.91 Å². The second-order valence-electron chi connectivity index (χ2n) is 7.23. The van der Waals surface area contributed by atoms with Gasteiger partial charge in [-0.2, -0.15) is 0 Å². The van der Waals surface area contributed by atoms with Crippen molar-refractivity contribution < 1.29 is 13.2 Å². The van der Waals surface area contributed by atoms with E-state index in [1.165, 1.54) is 25.7 Å². The van der Waals surface area contributed by atoms with Crippen molar-refractivity contribution in [3.63, 3.8) is 0 Å². The molecular weight excluding hydrogens is 338 g/mol. The fourth-order valence-corrected chi connectivity index (χ4v) is 5.48. The van der Waals surface area contributed by atoms with E-state index in [9.17, 15) is 13.2 Å². The van der Waals surface area contributed by atoms with E-state index in [4.69, 9.17) is 0 Å². The minimum Gasteiger partial charge on any atom is -0.369 e. The highest BCUT2D eigenvalue weighted by Gasteiger charge is 2.31. The normalized spacial score (nSPS) is 23.8. The lowest BCUT2D eigenvalue weighted by Crippen LogP contribution is -2.35. The van der Waals surface area contributed by atoms with Crippen LogP contribution in [0.15, 0.2) is 18.3 Å². The first-order valence-electron chi connectivity index (χ1n) is 9.15. The van der Waals surface area contributed by atoms with Gasteiger partial charge < -0.3 is 10.2 Å². The van der Waals surface area contributed by atoms with Crippen molar-refractivity contribution in [2.75, 3.05) is 23.5 Å². The third-order valence-electron chi connectivity index (χ3n) is 5.33. The Labute approximate surface area is 149 Å². The fourth-order valence-electron chi connectivity index (χ4n) is 3.70. The van der Waals surface area contributed by atoms with Crippen molar-refractivity contribution in [2.45, 2.75) is 57.0 Å². The van der Waals surface area contributed by atoms with Gasteiger partial charge in [-0.05, 0) is 31.4 Å². The number of carbonyl (C=O) groups excluding carboxylic acids is 1. The molecule has 1 atom stereocenters. The van der Waals surface area contributed by atoms with E-state index in [1.54, 1.807) is 12.3 Å². The molecule has 0 radical (unpaired) electrons. The van der Waals surface area contributed by atoms with Crippen LogP contribution in [0.5, 0.6) is 0 Å². The molecule has 1 aromatic rings. The molecule has 2 aliphatic rings. The molecule has 1 aliphatic carbocycles. The van der Waals surface area contributed by atoms with Gasteiger partial charge >= 0.3 is 0 Å². The quantitative estimate of drug-likeness (QED) is 0.827. The number of hydrogen-bond donors (Lipinski definition) is 1. The van der Waals surface area contributed by atoms with Gasteiger partial charge in [0.1, 0.15) is 5.69 Å². The van der Waals surface area contributed by atoms with Gasteiger partial charge in [0.2, 0.25) is 0 Å².